The maximum Gasteiger partial charge on any atom is 0.164 e. The second-order valence-electron chi connectivity index (χ2n) is 2.75. The fraction of sp³-hybridized carbons (Fsp3) is 0.200. The first-order valence-corrected chi connectivity index (χ1v) is 4.09. The van der Waals surface area contributed by atoms with Crippen molar-refractivity contribution in [2.24, 2.45) is 0 Å². The number of hydrogen-bond donors (Lipinski definition) is 0. The minimum absolute atomic E-state index is 0.590. The molecule has 13 heavy (non-hydrogen) atoms. The van der Waals surface area contributed by atoms with Crippen LogP contribution >= 0.6 is 0 Å². The predicted molar refractivity (Wildman–Crippen MR) is 50.6 cm³/mol. The van der Waals surface area contributed by atoms with E-state index in [0.29, 0.717) is 6.73 Å². The number of anilines is 1. The lowest BCUT2D eigenvalue weighted by molar-refractivity contribution is 0.282. The van der Waals surface area contributed by atoms with Gasteiger partial charge in [0, 0.05) is 11.9 Å². The molecule has 3 nitrogen and oxygen atoms in total. The van der Waals surface area contributed by atoms with Gasteiger partial charge in [-0.1, -0.05) is 0 Å². The zero-order chi connectivity index (χ0) is 9.10. The average Bonchev–Trinajstić information content (AvgIpc) is 2.71. The highest BCUT2D eigenvalue weighted by Crippen LogP contribution is 2.20. The van der Waals surface area contributed by atoms with Gasteiger partial charge in [-0.15, -0.1) is 0 Å². The van der Waals surface area contributed by atoms with Crippen LogP contribution in [0.2, 0.25) is 0 Å². The first-order chi connectivity index (χ1) is 6.40. The molecule has 0 aliphatic carbocycles. The van der Waals surface area contributed by atoms with E-state index in [4.69, 9.17) is 9.47 Å². The summed E-state index contributed by atoms with van der Waals surface area (Å²) < 4.78 is 10.1. The number of rotatable bonds is 2. The van der Waals surface area contributed by atoms with Crippen molar-refractivity contribution in [3.63, 3.8) is 0 Å². The zero-order valence-electron chi connectivity index (χ0n) is 7.43. The second-order valence-corrected chi connectivity index (χ2v) is 2.75. The molecule has 1 aliphatic heterocycles. The summed E-state index contributed by atoms with van der Waals surface area (Å²) >= 11 is 0. The van der Waals surface area contributed by atoms with E-state index in [1.165, 1.54) is 0 Å². The van der Waals surface area contributed by atoms with E-state index in [1.807, 2.05) is 35.4 Å². The van der Waals surface area contributed by atoms with Gasteiger partial charge in [0.05, 0.1) is 7.11 Å². The summed E-state index contributed by atoms with van der Waals surface area (Å²) in [6.07, 6.45) is 3.59. The van der Waals surface area contributed by atoms with E-state index in [0.717, 1.165) is 11.4 Å². The molecule has 0 atom stereocenters. The third-order valence-corrected chi connectivity index (χ3v) is 1.95. The summed E-state index contributed by atoms with van der Waals surface area (Å²) in [5.74, 6) is 0.868. The first kappa shape index (κ1) is 7.98. The van der Waals surface area contributed by atoms with Gasteiger partial charge in [0.2, 0.25) is 0 Å². The molecule has 0 spiro atoms. The maximum absolute atomic E-state index is 5.08. The zero-order valence-corrected chi connectivity index (χ0v) is 7.43. The number of methoxy groups -OCH3 is 1. The molecule has 3 heteroatoms. The van der Waals surface area contributed by atoms with Gasteiger partial charge < -0.3 is 14.4 Å². The van der Waals surface area contributed by atoms with Gasteiger partial charge in [0.1, 0.15) is 12.0 Å². The molecule has 0 amide bonds. The molecule has 1 aromatic rings. The van der Waals surface area contributed by atoms with Crippen LogP contribution in [0.15, 0.2) is 36.7 Å². The third kappa shape index (κ3) is 1.59. The van der Waals surface area contributed by atoms with E-state index in [9.17, 15) is 0 Å². The van der Waals surface area contributed by atoms with Crippen LogP contribution in [0, 0.1) is 0 Å². The topological polar surface area (TPSA) is 21.7 Å². The Hall–Kier alpha value is -1.64. The van der Waals surface area contributed by atoms with Crippen LogP contribution in [0.25, 0.3) is 0 Å². The van der Waals surface area contributed by atoms with Crippen LogP contribution in [0.3, 0.4) is 0 Å². The van der Waals surface area contributed by atoms with Crippen molar-refractivity contribution in [1.82, 2.24) is 0 Å². The van der Waals surface area contributed by atoms with Crippen molar-refractivity contribution in [1.29, 1.82) is 0 Å². The fourth-order valence-corrected chi connectivity index (χ4v) is 1.22. The van der Waals surface area contributed by atoms with Crippen molar-refractivity contribution >= 4 is 5.69 Å². The summed E-state index contributed by atoms with van der Waals surface area (Å²) in [5, 5.41) is 0. The van der Waals surface area contributed by atoms with E-state index < -0.39 is 0 Å². The van der Waals surface area contributed by atoms with Crippen LogP contribution < -0.4 is 9.64 Å². The quantitative estimate of drug-likeness (QED) is 0.689. The van der Waals surface area contributed by atoms with Crippen LogP contribution in [0.5, 0.6) is 5.75 Å². The normalized spacial score (nSPS) is 14.4. The lowest BCUT2D eigenvalue weighted by Gasteiger charge is -2.13. The van der Waals surface area contributed by atoms with E-state index in [2.05, 4.69) is 0 Å². The second kappa shape index (κ2) is 3.39. The SMILES string of the molecule is COc1ccc(N2C=COC2)cc1. The molecule has 0 bridgehead atoms. The molecular weight excluding hydrogens is 166 g/mol. The average molecular weight is 177 g/mol. The van der Waals surface area contributed by atoms with Crippen LogP contribution in [-0.2, 0) is 4.74 Å². The summed E-state index contributed by atoms with van der Waals surface area (Å²) in [5.41, 5.74) is 1.11. The summed E-state index contributed by atoms with van der Waals surface area (Å²) in [6, 6.07) is 7.86. The summed E-state index contributed by atoms with van der Waals surface area (Å²) in [6.45, 7) is 0.590. The molecule has 0 fully saturated rings. The molecule has 68 valence electrons. The highest BCUT2D eigenvalue weighted by Gasteiger charge is 2.06. The fourth-order valence-electron chi connectivity index (χ4n) is 1.22. The van der Waals surface area contributed by atoms with Crippen molar-refractivity contribution in [3.8, 4) is 5.75 Å². The molecular formula is C10H11NO2. The van der Waals surface area contributed by atoms with Gasteiger partial charge in [0.15, 0.2) is 6.73 Å². The Morgan fingerprint density at radius 2 is 2.08 bits per heavy atom. The standard InChI is InChI=1S/C10H11NO2/c1-12-10-4-2-9(3-5-10)11-6-7-13-8-11/h2-7H,8H2,1H3. The molecule has 1 aromatic carbocycles. The molecule has 0 saturated carbocycles. The van der Waals surface area contributed by atoms with E-state index in [-0.39, 0.29) is 0 Å². The molecule has 1 heterocycles. The third-order valence-electron chi connectivity index (χ3n) is 1.95. The Morgan fingerprint density at radius 1 is 1.31 bits per heavy atom. The number of hydrogen-bond acceptors (Lipinski definition) is 3. The van der Waals surface area contributed by atoms with Gasteiger partial charge in [-0.05, 0) is 24.3 Å². The molecule has 0 radical (unpaired) electrons. The highest BCUT2D eigenvalue weighted by molar-refractivity contribution is 5.51. The van der Waals surface area contributed by atoms with Gasteiger partial charge in [0.25, 0.3) is 0 Å². The van der Waals surface area contributed by atoms with Gasteiger partial charge in [-0.3, -0.25) is 0 Å². The van der Waals surface area contributed by atoms with Crippen molar-refractivity contribution in [2.45, 2.75) is 0 Å². The summed E-state index contributed by atoms with van der Waals surface area (Å²) in [7, 11) is 1.66. The maximum atomic E-state index is 5.08. The van der Waals surface area contributed by atoms with Crippen LogP contribution in [0.4, 0.5) is 5.69 Å². The van der Waals surface area contributed by atoms with Crippen LogP contribution in [0.1, 0.15) is 0 Å². The molecule has 0 saturated heterocycles. The molecule has 0 unspecified atom stereocenters. The Balaban J connectivity index is 2.17. The number of benzene rings is 1. The minimum atomic E-state index is 0.590. The van der Waals surface area contributed by atoms with Gasteiger partial charge >= 0.3 is 0 Å². The number of ether oxygens (including phenoxy) is 2. The summed E-state index contributed by atoms with van der Waals surface area (Å²) in [4.78, 5) is 2.01. The predicted octanol–water partition coefficient (Wildman–Crippen LogP) is 1.96. The van der Waals surface area contributed by atoms with Crippen molar-refractivity contribution < 1.29 is 9.47 Å². The lowest BCUT2D eigenvalue weighted by Crippen LogP contribution is -2.12. The Labute approximate surface area is 77.2 Å². The van der Waals surface area contributed by atoms with E-state index in [1.54, 1.807) is 13.4 Å². The largest absolute Gasteiger partial charge is 0.497 e. The highest BCUT2D eigenvalue weighted by atomic mass is 16.5. The number of nitrogens with zero attached hydrogens (tertiary/aromatic N) is 1. The molecule has 2 rings (SSSR count). The Bertz CT molecular complexity index is 305. The van der Waals surface area contributed by atoms with Gasteiger partial charge in [-0.2, -0.15) is 0 Å². The van der Waals surface area contributed by atoms with Crippen molar-refractivity contribution in [3.05, 3.63) is 36.7 Å². The first-order valence-electron chi connectivity index (χ1n) is 4.09. The Morgan fingerprint density at radius 3 is 2.62 bits per heavy atom. The molecule has 0 aromatic heterocycles. The minimum Gasteiger partial charge on any atom is -0.497 e. The smallest absolute Gasteiger partial charge is 0.164 e. The molecule has 0 N–H and O–H groups in total. The van der Waals surface area contributed by atoms with Crippen molar-refractivity contribution in [2.75, 3.05) is 18.7 Å². The molecule has 1 aliphatic rings. The van der Waals surface area contributed by atoms with E-state index >= 15 is 0 Å². The van der Waals surface area contributed by atoms with Crippen LogP contribution in [-0.4, -0.2) is 13.8 Å². The van der Waals surface area contributed by atoms with Gasteiger partial charge in [-0.25, -0.2) is 0 Å². The lowest BCUT2D eigenvalue weighted by atomic mass is 10.3. The Kier molecular flexibility index (Phi) is 2.08. The monoisotopic (exact) mass is 177 g/mol.